The maximum atomic E-state index is 12.3. The van der Waals surface area contributed by atoms with Crippen molar-refractivity contribution in [3.63, 3.8) is 0 Å². The molecule has 0 saturated heterocycles. The fourth-order valence-corrected chi connectivity index (χ4v) is 1.92. The topological polar surface area (TPSA) is 66.8 Å². The summed E-state index contributed by atoms with van der Waals surface area (Å²) >= 11 is 5.86. The third-order valence-corrected chi connectivity index (χ3v) is 2.89. The lowest BCUT2D eigenvalue weighted by molar-refractivity contribution is -0.140. The molecule has 0 aliphatic heterocycles. The zero-order chi connectivity index (χ0) is 15.1. The molecule has 0 fully saturated rings. The average molecular weight is 300 g/mol. The summed E-state index contributed by atoms with van der Waals surface area (Å²) < 4.78 is 4.55. The van der Waals surface area contributed by atoms with Crippen LogP contribution in [0.25, 0.3) is 0 Å². The van der Waals surface area contributed by atoms with Crippen molar-refractivity contribution in [3.8, 4) is 0 Å². The second kappa shape index (κ2) is 7.87. The predicted octanol–water partition coefficient (Wildman–Crippen LogP) is 1.73. The van der Waals surface area contributed by atoms with E-state index in [4.69, 9.17) is 11.6 Å². The van der Waals surface area contributed by atoms with E-state index in [1.54, 1.807) is 31.2 Å². The van der Waals surface area contributed by atoms with E-state index in [1.165, 1.54) is 12.0 Å². The standard InChI is InChI=1S/C14H18ClNO4/c1-10(17)9-16(7-6-13(18)20-2)14(19)11-4-3-5-12(15)8-11/h3-5,8,10,17H,6-7,9H2,1-2H3. The Balaban J connectivity index is 2.81. The zero-order valence-electron chi connectivity index (χ0n) is 11.5. The monoisotopic (exact) mass is 299 g/mol. The van der Waals surface area contributed by atoms with Crippen LogP contribution in [0.3, 0.4) is 0 Å². The van der Waals surface area contributed by atoms with Crippen LogP contribution < -0.4 is 0 Å². The Morgan fingerprint density at radius 3 is 2.70 bits per heavy atom. The highest BCUT2D eigenvalue weighted by atomic mass is 35.5. The van der Waals surface area contributed by atoms with Gasteiger partial charge in [0, 0.05) is 23.7 Å². The van der Waals surface area contributed by atoms with E-state index < -0.39 is 12.1 Å². The number of nitrogens with zero attached hydrogens (tertiary/aromatic N) is 1. The summed E-state index contributed by atoms with van der Waals surface area (Å²) in [6, 6.07) is 6.54. The highest BCUT2D eigenvalue weighted by Crippen LogP contribution is 2.13. The highest BCUT2D eigenvalue weighted by molar-refractivity contribution is 6.30. The Labute approximate surface area is 123 Å². The SMILES string of the molecule is COC(=O)CCN(CC(C)O)C(=O)c1cccc(Cl)c1. The number of carbonyl (C=O) groups is 2. The van der Waals surface area contributed by atoms with Crippen LogP contribution in [-0.4, -0.2) is 48.2 Å². The third kappa shape index (κ3) is 5.19. The molecule has 6 heteroatoms. The lowest BCUT2D eigenvalue weighted by Crippen LogP contribution is -2.38. The van der Waals surface area contributed by atoms with Crippen molar-refractivity contribution >= 4 is 23.5 Å². The first kappa shape index (κ1) is 16.5. The van der Waals surface area contributed by atoms with Gasteiger partial charge in [-0.2, -0.15) is 0 Å². The molecule has 0 aliphatic rings. The number of aliphatic hydroxyl groups is 1. The maximum Gasteiger partial charge on any atom is 0.307 e. The van der Waals surface area contributed by atoms with Gasteiger partial charge < -0.3 is 14.7 Å². The van der Waals surface area contributed by atoms with Gasteiger partial charge in [-0.1, -0.05) is 17.7 Å². The first-order valence-electron chi connectivity index (χ1n) is 6.23. The minimum absolute atomic E-state index is 0.0789. The van der Waals surface area contributed by atoms with Gasteiger partial charge in [0.05, 0.1) is 19.6 Å². The third-order valence-electron chi connectivity index (χ3n) is 2.66. The smallest absolute Gasteiger partial charge is 0.307 e. The quantitative estimate of drug-likeness (QED) is 0.812. The molecule has 0 aliphatic carbocycles. The van der Waals surface area contributed by atoms with E-state index in [-0.39, 0.29) is 25.4 Å². The van der Waals surface area contributed by atoms with Crippen LogP contribution in [0.2, 0.25) is 5.02 Å². The van der Waals surface area contributed by atoms with E-state index in [1.807, 2.05) is 0 Å². The van der Waals surface area contributed by atoms with Gasteiger partial charge in [-0.05, 0) is 25.1 Å². The predicted molar refractivity (Wildman–Crippen MR) is 75.7 cm³/mol. The van der Waals surface area contributed by atoms with Crippen LogP contribution in [0.15, 0.2) is 24.3 Å². The number of esters is 1. The van der Waals surface area contributed by atoms with Gasteiger partial charge in [0.1, 0.15) is 0 Å². The number of halogens is 1. The molecule has 1 rings (SSSR count). The van der Waals surface area contributed by atoms with E-state index >= 15 is 0 Å². The molecule has 1 aromatic carbocycles. The summed E-state index contributed by atoms with van der Waals surface area (Å²) in [4.78, 5) is 24.9. The summed E-state index contributed by atoms with van der Waals surface area (Å²) in [6.07, 6.45) is -0.606. The van der Waals surface area contributed by atoms with Crippen LogP contribution in [0.4, 0.5) is 0 Å². The van der Waals surface area contributed by atoms with Gasteiger partial charge >= 0.3 is 5.97 Å². The summed E-state index contributed by atoms with van der Waals surface area (Å²) in [5.41, 5.74) is 0.419. The average Bonchev–Trinajstić information content (AvgIpc) is 2.41. The van der Waals surface area contributed by atoms with Gasteiger partial charge in [-0.25, -0.2) is 0 Å². The van der Waals surface area contributed by atoms with Crippen molar-refractivity contribution in [1.29, 1.82) is 0 Å². The maximum absolute atomic E-state index is 12.3. The molecule has 0 heterocycles. The van der Waals surface area contributed by atoms with E-state index in [0.29, 0.717) is 10.6 Å². The molecule has 1 atom stereocenters. The van der Waals surface area contributed by atoms with E-state index in [2.05, 4.69) is 4.74 Å². The van der Waals surface area contributed by atoms with Crippen LogP contribution in [0, 0.1) is 0 Å². The zero-order valence-corrected chi connectivity index (χ0v) is 12.3. The van der Waals surface area contributed by atoms with Gasteiger partial charge in [-0.3, -0.25) is 9.59 Å². The molecule has 5 nitrogen and oxygen atoms in total. The minimum Gasteiger partial charge on any atom is -0.469 e. The normalized spacial score (nSPS) is 11.8. The number of hydrogen-bond donors (Lipinski definition) is 1. The largest absolute Gasteiger partial charge is 0.469 e. The number of benzene rings is 1. The summed E-state index contributed by atoms with van der Waals surface area (Å²) in [5.74, 6) is -0.684. The summed E-state index contributed by atoms with van der Waals surface area (Å²) in [5, 5.41) is 9.92. The molecule has 0 saturated carbocycles. The number of hydrogen-bond acceptors (Lipinski definition) is 4. The second-order valence-corrected chi connectivity index (χ2v) is 4.87. The Kier molecular flexibility index (Phi) is 6.48. The molecule has 1 unspecified atom stereocenters. The first-order valence-corrected chi connectivity index (χ1v) is 6.61. The number of amides is 1. The van der Waals surface area contributed by atoms with Gasteiger partial charge in [-0.15, -0.1) is 0 Å². The molecule has 1 amide bonds. The first-order chi connectivity index (χ1) is 9.43. The lowest BCUT2D eigenvalue weighted by atomic mass is 10.2. The van der Waals surface area contributed by atoms with E-state index in [0.717, 1.165) is 0 Å². The van der Waals surface area contributed by atoms with Crippen molar-refractivity contribution in [1.82, 2.24) is 4.90 Å². The molecule has 110 valence electrons. The fourth-order valence-electron chi connectivity index (χ4n) is 1.73. The van der Waals surface area contributed by atoms with Crippen molar-refractivity contribution in [2.24, 2.45) is 0 Å². The number of aliphatic hydroxyl groups excluding tert-OH is 1. The summed E-state index contributed by atoms with van der Waals surface area (Å²) in [7, 11) is 1.29. The molecule has 20 heavy (non-hydrogen) atoms. The molecule has 0 aromatic heterocycles. The Bertz CT molecular complexity index is 476. The lowest BCUT2D eigenvalue weighted by Gasteiger charge is -2.23. The van der Waals surface area contributed by atoms with Gasteiger partial charge in [0.25, 0.3) is 5.91 Å². The molecule has 1 N–H and O–H groups in total. The molecular weight excluding hydrogens is 282 g/mol. The van der Waals surface area contributed by atoms with Crippen LogP contribution >= 0.6 is 11.6 Å². The Hall–Kier alpha value is -1.59. The Morgan fingerprint density at radius 2 is 2.15 bits per heavy atom. The van der Waals surface area contributed by atoms with Crippen LogP contribution in [0.1, 0.15) is 23.7 Å². The number of carbonyl (C=O) groups excluding carboxylic acids is 2. The number of rotatable bonds is 6. The van der Waals surface area contributed by atoms with Gasteiger partial charge in [0.15, 0.2) is 0 Å². The number of methoxy groups -OCH3 is 1. The van der Waals surface area contributed by atoms with Gasteiger partial charge in [0.2, 0.25) is 0 Å². The molecule has 0 bridgehead atoms. The van der Waals surface area contributed by atoms with Crippen LogP contribution in [-0.2, 0) is 9.53 Å². The molecule has 0 spiro atoms. The molecular formula is C14H18ClNO4. The highest BCUT2D eigenvalue weighted by Gasteiger charge is 2.18. The molecule has 0 radical (unpaired) electrons. The minimum atomic E-state index is -0.684. The number of ether oxygens (including phenoxy) is 1. The Morgan fingerprint density at radius 1 is 1.45 bits per heavy atom. The van der Waals surface area contributed by atoms with Crippen molar-refractivity contribution in [2.45, 2.75) is 19.4 Å². The van der Waals surface area contributed by atoms with Crippen LogP contribution in [0.5, 0.6) is 0 Å². The second-order valence-electron chi connectivity index (χ2n) is 4.44. The van der Waals surface area contributed by atoms with Crippen molar-refractivity contribution < 1.29 is 19.4 Å². The van der Waals surface area contributed by atoms with E-state index in [9.17, 15) is 14.7 Å². The van der Waals surface area contributed by atoms with Crippen molar-refractivity contribution in [2.75, 3.05) is 20.2 Å². The summed E-state index contributed by atoms with van der Waals surface area (Å²) in [6.45, 7) is 1.90. The molecule has 1 aromatic rings. The fraction of sp³-hybridized carbons (Fsp3) is 0.429. The van der Waals surface area contributed by atoms with Crippen molar-refractivity contribution in [3.05, 3.63) is 34.9 Å².